The summed E-state index contributed by atoms with van der Waals surface area (Å²) < 4.78 is 2.12. The summed E-state index contributed by atoms with van der Waals surface area (Å²) in [5.41, 5.74) is 8.23. The van der Waals surface area contributed by atoms with Crippen LogP contribution in [-0.2, 0) is 0 Å². The fourth-order valence-corrected chi connectivity index (χ4v) is 4.11. The first-order chi connectivity index (χ1) is 13.9. The maximum Gasteiger partial charge on any atom is 0.108 e. The van der Waals surface area contributed by atoms with Crippen LogP contribution < -0.4 is 0 Å². The number of hydrogen-bond donors (Lipinski definition) is 1. The molecule has 4 heterocycles. The van der Waals surface area contributed by atoms with Crippen LogP contribution in [0, 0.1) is 0 Å². The van der Waals surface area contributed by atoms with E-state index in [9.17, 15) is 0 Å². The van der Waals surface area contributed by atoms with Gasteiger partial charge in [0, 0.05) is 11.1 Å². The van der Waals surface area contributed by atoms with Crippen molar-refractivity contribution in [3.05, 3.63) is 61.1 Å². The van der Waals surface area contributed by atoms with Crippen LogP contribution in [0.25, 0.3) is 44.2 Å². The van der Waals surface area contributed by atoms with E-state index in [1.807, 2.05) is 24.8 Å². The van der Waals surface area contributed by atoms with Crippen molar-refractivity contribution in [1.82, 2.24) is 29.5 Å². The molecule has 0 aliphatic heterocycles. The third kappa shape index (κ3) is 2.34. The summed E-state index contributed by atoms with van der Waals surface area (Å²) in [4.78, 5) is 21.3. The number of benzene rings is 1. The zero-order valence-corrected chi connectivity index (χ0v) is 15.3. The van der Waals surface area contributed by atoms with Gasteiger partial charge in [0.05, 0.1) is 46.5 Å². The third-order valence-electron chi connectivity index (χ3n) is 5.56. The van der Waals surface area contributed by atoms with Gasteiger partial charge in [-0.05, 0) is 55.5 Å². The van der Waals surface area contributed by atoms with Gasteiger partial charge in [0.15, 0.2) is 0 Å². The molecule has 6 heteroatoms. The highest BCUT2D eigenvalue weighted by Gasteiger charge is 2.14. The Labute approximate surface area is 161 Å². The van der Waals surface area contributed by atoms with E-state index >= 15 is 0 Å². The highest BCUT2D eigenvalue weighted by Crippen LogP contribution is 2.31. The van der Waals surface area contributed by atoms with Gasteiger partial charge in [-0.2, -0.15) is 0 Å². The quantitative estimate of drug-likeness (QED) is 0.487. The van der Waals surface area contributed by atoms with Gasteiger partial charge in [0.2, 0.25) is 0 Å². The maximum atomic E-state index is 4.68. The van der Waals surface area contributed by atoms with E-state index in [1.165, 1.54) is 18.4 Å². The number of rotatable bonds is 2. The van der Waals surface area contributed by atoms with Gasteiger partial charge >= 0.3 is 0 Å². The molecule has 1 aliphatic rings. The molecule has 0 radical (unpaired) electrons. The van der Waals surface area contributed by atoms with Crippen molar-refractivity contribution in [3.8, 4) is 5.69 Å². The standard InChI is InChI=1S/C22H18N6/c1-2-4-14(5-3-1)18-9-16-20(10-23-18)24-11-21-22(16)28(13-27-21)15-6-7-17-19(8-15)26-12-25-17/h4,6-13H,1-3,5H2,(H,25,26). The number of nitrogens with zero attached hydrogens (tertiary/aromatic N) is 5. The Morgan fingerprint density at radius 3 is 2.79 bits per heavy atom. The lowest BCUT2D eigenvalue weighted by molar-refractivity contribution is 0.740. The first-order valence-corrected chi connectivity index (χ1v) is 9.61. The van der Waals surface area contributed by atoms with Crippen LogP contribution in [0.4, 0.5) is 0 Å². The molecule has 0 saturated carbocycles. The van der Waals surface area contributed by atoms with Crippen LogP contribution in [0.2, 0.25) is 0 Å². The molecule has 6 nitrogen and oxygen atoms in total. The zero-order valence-electron chi connectivity index (χ0n) is 15.3. The van der Waals surface area contributed by atoms with Crippen molar-refractivity contribution in [2.45, 2.75) is 25.7 Å². The molecule has 0 unspecified atom stereocenters. The Morgan fingerprint density at radius 2 is 1.86 bits per heavy atom. The number of nitrogens with one attached hydrogen (secondary N) is 1. The molecule has 4 aromatic heterocycles. The van der Waals surface area contributed by atoms with Gasteiger partial charge in [0.1, 0.15) is 11.8 Å². The van der Waals surface area contributed by atoms with Crippen LogP contribution >= 0.6 is 0 Å². The maximum absolute atomic E-state index is 4.68. The summed E-state index contributed by atoms with van der Waals surface area (Å²) in [5.74, 6) is 0. The smallest absolute Gasteiger partial charge is 0.108 e. The van der Waals surface area contributed by atoms with E-state index in [2.05, 4.69) is 53.8 Å². The monoisotopic (exact) mass is 366 g/mol. The van der Waals surface area contributed by atoms with E-state index in [0.29, 0.717) is 0 Å². The number of aromatic nitrogens is 6. The minimum absolute atomic E-state index is 0.881. The predicted molar refractivity (Wildman–Crippen MR) is 110 cm³/mol. The molecule has 1 aromatic carbocycles. The lowest BCUT2D eigenvalue weighted by Crippen LogP contribution is -1.97. The number of hydrogen-bond acceptors (Lipinski definition) is 4. The fourth-order valence-electron chi connectivity index (χ4n) is 4.11. The number of pyridine rings is 2. The van der Waals surface area contributed by atoms with Crippen LogP contribution in [0.5, 0.6) is 0 Å². The van der Waals surface area contributed by atoms with Crippen LogP contribution in [0.3, 0.4) is 0 Å². The summed E-state index contributed by atoms with van der Waals surface area (Å²) >= 11 is 0. The minimum atomic E-state index is 0.881. The van der Waals surface area contributed by atoms with Crippen LogP contribution in [0.1, 0.15) is 31.4 Å². The highest BCUT2D eigenvalue weighted by atomic mass is 15.1. The van der Waals surface area contributed by atoms with Crippen molar-refractivity contribution in [3.63, 3.8) is 0 Å². The molecule has 0 spiro atoms. The molecular formula is C22H18N6. The molecule has 28 heavy (non-hydrogen) atoms. The largest absolute Gasteiger partial charge is 0.345 e. The molecule has 1 aliphatic carbocycles. The number of imidazole rings is 2. The molecule has 0 saturated heterocycles. The SMILES string of the molecule is C1=C(c2cc3c(cn2)ncc2ncn(-c4ccc5nc[nH]c5c4)c23)CCCC1. The normalized spacial score (nSPS) is 14.8. The van der Waals surface area contributed by atoms with Gasteiger partial charge in [-0.15, -0.1) is 0 Å². The number of aromatic amines is 1. The predicted octanol–water partition coefficient (Wildman–Crippen LogP) is 4.80. The minimum Gasteiger partial charge on any atom is -0.345 e. The lowest BCUT2D eigenvalue weighted by atomic mass is 9.96. The van der Waals surface area contributed by atoms with Crippen molar-refractivity contribution >= 4 is 38.5 Å². The topological polar surface area (TPSA) is 72.3 Å². The lowest BCUT2D eigenvalue weighted by Gasteiger charge is -2.13. The van der Waals surface area contributed by atoms with Crippen molar-refractivity contribution in [1.29, 1.82) is 0 Å². The highest BCUT2D eigenvalue weighted by molar-refractivity contribution is 6.03. The van der Waals surface area contributed by atoms with Gasteiger partial charge < -0.3 is 4.98 Å². The second-order valence-electron chi connectivity index (χ2n) is 7.27. The van der Waals surface area contributed by atoms with Gasteiger partial charge in [-0.3, -0.25) is 14.5 Å². The molecule has 1 N–H and O–H groups in total. The third-order valence-corrected chi connectivity index (χ3v) is 5.56. The molecule has 136 valence electrons. The molecule has 0 amide bonds. The number of H-pyrrole nitrogens is 1. The van der Waals surface area contributed by atoms with E-state index < -0.39 is 0 Å². The number of allylic oxidation sites excluding steroid dienone is 2. The van der Waals surface area contributed by atoms with E-state index in [0.717, 1.165) is 57.2 Å². The average Bonchev–Trinajstić information content (AvgIpc) is 3.40. The molecule has 0 atom stereocenters. The Hall–Kier alpha value is -3.54. The van der Waals surface area contributed by atoms with E-state index in [1.54, 1.807) is 6.33 Å². The molecule has 5 aromatic rings. The van der Waals surface area contributed by atoms with Crippen LogP contribution in [0.15, 0.2) is 55.4 Å². The van der Waals surface area contributed by atoms with Gasteiger partial charge in [-0.1, -0.05) is 6.08 Å². The van der Waals surface area contributed by atoms with E-state index in [-0.39, 0.29) is 0 Å². The molecule has 0 fully saturated rings. The van der Waals surface area contributed by atoms with Crippen LogP contribution in [-0.4, -0.2) is 29.5 Å². The van der Waals surface area contributed by atoms with Crippen molar-refractivity contribution in [2.75, 3.05) is 0 Å². The Morgan fingerprint density at radius 1 is 0.893 bits per heavy atom. The summed E-state index contributed by atoms with van der Waals surface area (Å²) in [5, 5.41) is 1.08. The Kier molecular flexibility index (Phi) is 3.32. The zero-order chi connectivity index (χ0) is 18.5. The second-order valence-corrected chi connectivity index (χ2v) is 7.27. The Bertz CT molecular complexity index is 1370. The number of fused-ring (bicyclic) bond motifs is 4. The average molecular weight is 366 g/mol. The first-order valence-electron chi connectivity index (χ1n) is 9.61. The summed E-state index contributed by atoms with van der Waals surface area (Å²) in [6, 6.07) is 8.37. The fraction of sp³-hybridized carbons (Fsp3) is 0.182. The molecular weight excluding hydrogens is 348 g/mol. The van der Waals surface area contributed by atoms with Crippen molar-refractivity contribution < 1.29 is 0 Å². The first kappa shape index (κ1) is 15.5. The Balaban J connectivity index is 1.61. The van der Waals surface area contributed by atoms with Gasteiger partial charge in [-0.25, -0.2) is 9.97 Å². The summed E-state index contributed by atoms with van der Waals surface area (Å²) in [7, 11) is 0. The summed E-state index contributed by atoms with van der Waals surface area (Å²) in [6.07, 6.45) is 14.4. The second kappa shape index (κ2) is 5.99. The van der Waals surface area contributed by atoms with Gasteiger partial charge in [0.25, 0.3) is 0 Å². The van der Waals surface area contributed by atoms with E-state index in [4.69, 9.17) is 0 Å². The molecule has 6 rings (SSSR count). The summed E-state index contributed by atoms with van der Waals surface area (Å²) in [6.45, 7) is 0. The molecule has 0 bridgehead atoms. The van der Waals surface area contributed by atoms with Crippen molar-refractivity contribution in [2.24, 2.45) is 0 Å².